The van der Waals surface area contributed by atoms with Crippen LogP contribution < -0.4 is 5.32 Å². The largest absolute Gasteiger partial charge is 0.308 e. The Morgan fingerprint density at radius 1 is 1.33 bits per heavy atom. The van der Waals surface area contributed by atoms with Gasteiger partial charge in [0.25, 0.3) is 0 Å². The van der Waals surface area contributed by atoms with Gasteiger partial charge in [-0.25, -0.2) is 0 Å². The number of benzene rings is 1. The van der Waals surface area contributed by atoms with Crippen LogP contribution in [-0.2, 0) is 0 Å². The van der Waals surface area contributed by atoms with Crippen LogP contribution in [0.3, 0.4) is 0 Å². The summed E-state index contributed by atoms with van der Waals surface area (Å²) >= 11 is 0. The molecule has 0 aliphatic carbocycles. The number of hydrogen-bond acceptors (Lipinski definition) is 2. The van der Waals surface area contributed by atoms with E-state index in [9.17, 15) is 0 Å². The molecule has 1 heterocycles. The van der Waals surface area contributed by atoms with Crippen LogP contribution in [0.5, 0.6) is 0 Å². The van der Waals surface area contributed by atoms with Crippen LogP contribution in [0.25, 0.3) is 10.8 Å². The SMILES string of the molecule is C#CCC(NCCC)c1nccc2ccccc12. The van der Waals surface area contributed by atoms with Gasteiger partial charge in [0.05, 0.1) is 11.7 Å². The molecule has 1 atom stereocenters. The highest BCUT2D eigenvalue weighted by Gasteiger charge is 2.13. The molecular weight excluding hydrogens is 220 g/mol. The Labute approximate surface area is 108 Å². The monoisotopic (exact) mass is 238 g/mol. The van der Waals surface area contributed by atoms with E-state index in [1.165, 1.54) is 10.8 Å². The first-order valence-corrected chi connectivity index (χ1v) is 6.37. The van der Waals surface area contributed by atoms with Gasteiger partial charge in [0.2, 0.25) is 0 Å². The summed E-state index contributed by atoms with van der Waals surface area (Å²) in [6.07, 6.45) is 9.08. The minimum absolute atomic E-state index is 0.140. The smallest absolute Gasteiger partial charge is 0.0661 e. The average molecular weight is 238 g/mol. The fourth-order valence-corrected chi connectivity index (χ4v) is 2.12. The summed E-state index contributed by atoms with van der Waals surface area (Å²) in [5.74, 6) is 2.74. The molecule has 2 aromatic rings. The molecule has 92 valence electrons. The quantitative estimate of drug-likeness (QED) is 0.808. The van der Waals surface area contributed by atoms with Crippen molar-refractivity contribution in [1.82, 2.24) is 10.3 Å². The summed E-state index contributed by atoms with van der Waals surface area (Å²) in [4.78, 5) is 4.52. The Balaban J connectivity index is 2.40. The molecule has 1 aromatic heterocycles. The van der Waals surface area contributed by atoms with Gasteiger partial charge in [-0.05, 0) is 24.4 Å². The van der Waals surface area contributed by atoms with Crippen LogP contribution in [-0.4, -0.2) is 11.5 Å². The molecule has 1 unspecified atom stereocenters. The molecule has 0 saturated heterocycles. The van der Waals surface area contributed by atoms with Crippen molar-refractivity contribution < 1.29 is 0 Å². The first-order valence-electron chi connectivity index (χ1n) is 6.37. The zero-order valence-corrected chi connectivity index (χ0v) is 10.7. The number of aromatic nitrogens is 1. The van der Waals surface area contributed by atoms with Gasteiger partial charge in [-0.15, -0.1) is 12.3 Å². The lowest BCUT2D eigenvalue weighted by molar-refractivity contribution is 0.534. The normalized spacial score (nSPS) is 12.2. The third-order valence-electron chi connectivity index (χ3n) is 3.00. The Morgan fingerprint density at radius 3 is 2.94 bits per heavy atom. The molecule has 1 N–H and O–H groups in total. The molecule has 2 heteroatoms. The first kappa shape index (κ1) is 12.6. The van der Waals surface area contributed by atoms with Crippen molar-refractivity contribution in [2.24, 2.45) is 0 Å². The second-order valence-electron chi connectivity index (χ2n) is 4.33. The minimum Gasteiger partial charge on any atom is -0.308 e. The van der Waals surface area contributed by atoms with E-state index in [0.29, 0.717) is 6.42 Å². The Kier molecular flexibility index (Phi) is 4.33. The zero-order chi connectivity index (χ0) is 12.8. The van der Waals surface area contributed by atoms with Crippen LogP contribution in [0.4, 0.5) is 0 Å². The van der Waals surface area contributed by atoms with Crippen LogP contribution in [0.1, 0.15) is 31.5 Å². The molecule has 2 nitrogen and oxygen atoms in total. The molecule has 0 spiro atoms. The highest BCUT2D eigenvalue weighted by Crippen LogP contribution is 2.23. The first-order chi connectivity index (χ1) is 8.86. The van der Waals surface area contributed by atoms with Gasteiger partial charge in [0, 0.05) is 18.0 Å². The van der Waals surface area contributed by atoms with Crippen molar-refractivity contribution in [2.45, 2.75) is 25.8 Å². The van der Waals surface area contributed by atoms with E-state index in [1.54, 1.807) is 0 Å². The van der Waals surface area contributed by atoms with E-state index in [2.05, 4.69) is 35.3 Å². The van der Waals surface area contributed by atoms with Gasteiger partial charge in [0.15, 0.2) is 0 Å². The van der Waals surface area contributed by atoms with E-state index in [-0.39, 0.29) is 6.04 Å². The predicted octanol–water partition coefficient (Wildman–Crippen LogP) is 3.30. The fraction of sp³-hybridized carbons (Fsp3) is 0.312. The van der Waals surface area contributed by atoms with Crippen LogP contribution in [0.15, 0.2) is 36.5 Å². The molecule has 0 amide bonds. The number of fused-ring (bicyclic) bond motifs is 1. The van der Waals surface area contributed by atoms with E-state index < -0.39 is 0 Å². The maximum absolute atomic E-state index is 5.46. The van der Waals surface area contributed by atoms with E-state index in [4.69, 9.17) is 6.42 Å². The standard InChI is InChI=1S/C16H18N2/c1-3-7-15(17-11-4-2)16-14-9-6-5-8-13(14)10-12-18-16/h1,5-6,8-10,12,15,17H,4,7,11H2,2H3. The number of terminal acetylenes is 1. The Bertz CT molecular complexity index is 549. The van der Waals surface area contributed by atoms with Gasteiger partial charge in [-0.1, -0.05) is 31.2 Å². The van der Waals surface area contributed by atoms with Gasteiger partial charge in [-0.3, -0.25) is 4.98 Å². The third kappa shape index (κ3) is 2.69. The average Bonchev–Trinajstić information content (AvgIpc) is 2.43. The Hall–Kier alpha value is -1.85. The summed E-state index contributed by atoms with van der Waals surface area (Å²) in [6.45, 7) is 3.10. The van der Waals surface area contributed by atoms with E-state index >= 15 is 0 Å². The molecule has 0 aliphatic rings. The maximum atomic E-state index is 5.46. The van der Waals surface area contributed by atoms with Crippen molar-refractivity contribution in [3.05, 3.63) is 42.2 Å². The van der Waals surface area contributed by atoms with Gasteiger partial charge in [-0.2, -0.15) is 0 Å². The molecule has 2 rings (SSSR count). The minimum atomic E-state index is 0.140. The van der Waals surface area contributed by atoms with Gasteiger partial charge < -0.3 is 5.32 Å². The van der Waals surface area contributed by atoms with Crippen molar-refractivity contribution >= 4 is 10.8 Å². The third-order valence-corrected chi connectivity index (χ3v) is 3.00. The maximum Gasteiger partial charge on any atom is 0.0661 e. The lowest BCUT2D eigenvalue weighted by atomic mass is 10.0. The molecule has 1 aromatic carbocycles. The Morgan fingerprint density at radius 2 is 2.17 bits per heavy atom. The summed E-state index contributed by atoms with van der Waals surface area (Å²) in [7, 11) is 0. The number of nitrogens with zero attached hydrogens (tertiary/aromatic N) is 1. The predicted molar refractivity (Wildman–Crippen MR) is 76.2 cm³/mol. The molecule has 0 saturated carbocycles. The lowest BCUT2D eigenvalue weighted by Gasteiger charge is -2.17. The van der Waals surface area contributed by atoms with Crippen molar-refractivity contribution in [2.75, 3.05) is 6.54 Å². The summed E-state index contributed by atoms with van der Waals surface area (Å²) in [6, 6.07) is 10.5. The van der Waals surface area contributed by atoms with Crippen LogP contribution in [0.2, 0.25) is 0 Å². The van der Waals surface area contributed by atoms with Crippen LogP contribution in [0, 0.1) is 12.3 Å². The number of pyridine rings is 1. The van der Waals surface area contributed by atoms with Gasteiger partial charge in [0.1, 0.15) is 0 Å². The highest BCUT2D eigenvalue weighted by atomic mass is 14.9. The molecule has 0 aliphatic heterocycles. The molecule has 0 bridgehead atoms. The van der Waals surface area contributed by atoms with Crippen LogP contribution >= 0.6 is 0 Å². The summed E-state index contributed by atoms with van der Waals surface area (Å²) in [5, 5.41) is 5.87. The van der Waals surface area contributed by atoms with Crippen molar-refractivity contribution in [1.29, 1.82) is 0 Å². The lowest BCUT2D eigenvalue weighted by Crippen LogP contribution is -2.22. The highest BCUT2D eigenvalue weighted by molar-refractivity contribution is 5.84. The molecule has 0 radical (unpaired) electrons. The summed E-state index contributed by atoms with van der Waals surface area (Å²) in [5.41, 5.74) is 1.06. The van der Waals surface area contributed by atoms with Crippen molar-refractivity contribution in [3.63, 3.8) is 0 Å². The fourth-order valence-electron chi connectivity index (χ4n) is 2.12. The van der Waals surface area contributed by atoms with E-state index in [1.807, 2.05) is 24.4 Å². The van der Waals surface area contributed by atoms with Crippen molar-refractivity contribution in [3.8, 4) is 12.3 Å². The molecule has 18 heavy (non-hydrogen) atoms. The van der Waals surface area contributed by atoms with Gasteiger partial charge >= 0.3 is 0 Å². The zero-order valence-electron chi connectivity index (χ0n) is 10.7. The molecular formula is C16H18N2. The summed E-state index contributed by atoms with van der Waals surface area (Å²) < 4.78 is 0. The number of hydrogen-bond donors (Lipinski definition) is 1. The molecule has 0 fully saturated rings. The topological polar surface area (TPSA) is 24.9 Å². The number of rotatable bonds is 5. The second kappa shape index (κ2) is 6.18. The second-order valence-corrected chi connectivity index (χ2v) is 4.33. The number of nitrogens with one attached hydrogen (secondary N) is 1. The van der Waals surface area contributed by atoms with E-state index in [0.717, 1.165) is 18.7 Å².